The van der Waals surface area contributed by atoms with Crippen molar-refractivity contribution in [2.75, 3.05) is 6.61 Å². The Labute approximate surface area is 97.2 Å². The van der Waals surface area contributed by atoms with Crippen molar-refractivity contribution in [3.63, 3.8) is 0 Å². The first-order valence-corrected chi connectivity index (χ1v) is 5.39. The fourth-order valence-electron chi connectivity index (χ4n) is 1.38. The SMILES string of the molecule is CCOC(=O)c1cnc2oc(CCl)cc2c1. The number of hydrogen-bond donors (Lipinski definition) is 0. The fourth-order valence-corrected chi connectivity index (χ4v) is 1.51. The van der Waals surface area contributed by atoms with Crippen LogP contribution in [-0.2, 0) is 10.6 Å². The lowest BCUT2D eigenvalue weighted by Crippen LogP contribution is -2.04. The lowest BCUT2D eigenvalue weighted by atomic mass is 10.2. The molecule has 2 heterocycles. The van der Waals surface area contributed by atoms with Crippen molar-refractivity contribution in [3.05, 3.63) is 29.7 Å². The number of esters is 1. The summed E-state index contributed by atoms with van der Waals surface area (Å²) >= 11 is 5.64. The van der Waals surface area contributed by atoms with Gasteiger partial charge in [-0.15, -0.1) is 11.6 Å². The summed E-state index contributed by atoms with van der Waals surface area (Å²) in [5.41, 5.74) is 0.889. The average molecular weight is 240 g/mol. The first-order chi connectivity index (χ1) is 7.74. The van der Waals surface area contributed by atoms with E-state index < -0.39 is 0 Å². The molecule has 2 aromatic rings. The van der Waals surface area contributed by atoms with Crippen molar-refractivity contribution in [1.29, 1.82) is 0 Å². The molecule has 0 aliphatic carbocycles. The van der Waals surface area contributed by atoms with Gasteiger partial charge >= 0.3 is 5.97 Å². The maximum Gasteiger partial charge on any atom is 0.339 e. The molecular weight excluding hydrogens is 230 g/mol. The quantitative estimate of drug-likeness (QED) is 0.611. The van der Waals surface area contributed by atoms with E-state index >= 15 is 0 Å². The number of hydrogen-bond acceptors (Lipinski definition) is 4. The van der Waals surface area contributed by atoms with E-state index in [2.05, 4.69) is 4.98 Å². The van der Waals surface area contributed by atoms with E-state index in [9.17, 15) is 4.79 Å². The smallest absolute Gasteiger partial charge is 0.339 e. The number of carbonyl (C=O) groups excluding carboxylic acids is 1. The Bertz CT molecular complexity index is 521. The molecule has 0 atom stereocenters. The molecule has 0 fully saturated rings. The number of rotatable bonds is 3. The van der Waals surface area contributed by atoms with Gasteiger partial charge in [0.2, 0.25) is 5.71 Å². The maximum atomic E-state index is 11.4. The van der Waals surface area contributed by atoms with Crippen LogP contribution in [0.15, 0.2) is 22.7 Å². The highest BCUT2D eigenvalue weighted by Crippen LogP contribution is 2.19. The minimum atomic E-state index is -0.384. The second-order valence-electron chi connectivity index (χ2n) is 3.19. The molecule has 0 aliphatic heterocycles. The van der Waals surface area contributed by atoms with Crippen LogP contribution in [0.4, 0.5) is 0 Å². The largest absolute Gasteiger partial charge is 0.462 e. The monoisotopic (exact) mass is 239 g/mol. The molecule has 2 rings (SSSR count). The second kappa shape index (κ2) is 4.53. The summed E-state index contributed by atoms with van der Waals surface area (Å²) in [7, 11) is 0. The van der Waals surface area contributed by atoms with Crippen LogP contribution in [0.2, 0.25) is 0 Å². The van der Waals surface area contributed by atoms with E-state index in [4.69, 9.17) is 20.8 Å². The number of ether oxygens (including phenoxy) is 1. The predicted molar refractivity (Wildman–Crippen MR) is 59.5 cm³/mol. The van der Waals surface area contributed by atoms with Crippen molar-refractivity contribution < 1.29 is 13.9 Å². The molecular formula is C11H10ClNO3. The number of carbonyl (C=O) groups is 1. The molecule has 0 aliphatic rings. The number of aromatic nitrogens is 1. The summed E-state index contributed by atoms with van der Waals surface area (Å²) in [5.74, 6) is 0.529. The van der Waals surface area contributed by atoms with Crippen LogP contribution in [0.3, 0.4) is 0 Å². The Hall–Kier alpha value is -1.55. The van der Waals surface area contributed by atoms with Gasteiger partial charge in [0.15, 0.2) is 0 Å². The minimum Gasteiger partial charge on any atom is -0.462 e. The van der Waals surface area contributed by atoms with E-state index in [-0.39, 0.29) is 11.8 Å². The summed E-state index contributed by atoms with van der Waals surface area (Å²) < 4.78 is 10.2. The first-order valence-electron chi connectivity index (χ1n) is 4.86. The molecule has 0 aromatic carbocycles. The van der Waals surface area contributed by atoms with Gasteiger partial charge in [-0.05, 0) is 19.1 Å². The molecule has 0 bridgehead atoms. The Balaban J connectivity index is 2.39. The summed E-state index contributed by atoms with van der Waals surface area (Å²) in [5, 5.41) is 0.751. The predicted octanol–water partition coefficient (Wildman–Crippen LogP) is 2.74. The Morgan fingerprint density at radius 1 is 1.56 bits per heavy atom. The van der Waals surface area contributed by atoms with Gasteiger partial charge in [0, 0.05) is 11.6 Å². The molecule has 84 valence electrons. The normalized spacial score (nSPS) is 10.6. The van der Waals surface area contributed by atoms with Crippen LogP contribution in [0, 0.1) is 0 Å². The molecule has 2 aromatic heterocycles. The number of pyridine rings is 1. The molecule has 0 amide bonds. The molecule has 0 radical (unpaired) electrons. The van der Waals surface area contributed by atoms with Crippen molar-refractivity contribution >= 4 is 28.7 Å². The van der Waals surface area contributed by atoms with Gasteiger partial charge in [0.05, 0.1) is 18.1 Å². The van der Waals surface area contributed by atoms with Gasteiger partial charge in [-0.1, -0.05) is 0 Å². The zero-order chi connectivity index (χ0) is 11.5. The molecule has 16 heavy (non-hydrogen) atoms. The summed E-state index contributed by atoms with van der Waals surface area (Å²) in [6, 6.07) is 3.44. The van der Waals surface area contributed by atoms with Gasteiger partial charge < -0.3 is 9.15 Å². The van der Waals surface area contributed by atoms with Crippen LogP contribution in [0.5, 0.6) is 0 Å². The number of alkyl halides is 1. The molecule has 5 heteroatoms. The van der Waals surface area contributed by atoms with Crippen molar-refractivity contribution in [2.24, 2.45) is 0 Å². The topological polar surface area (TPSA) is 52.3 Å². The third kappa shape index (κ3) is 2.02. The second-order valence-corrected chi connectivity index (χ2v) is 3.45. The first kappa shape index (κ1) is 11.0. The average Bonchev–Trinajstić information content (AvgIpc) is 2.70. The highest BCUT2D eigenvalue weighted by atomic mass is 35.5. The van der Waals surface area contributed by atoms with Crippen molar-refractivity contribution in [3.8, 4) is 0 Å². The van der Waals surface area contributed by atoms with E-state index in [0.717, 1.165) is 5.39 Å². The van der Waals surface area contributed by atoms with E-state index in [1.807, 2.05) is 0 Å². The van der Waals surface area contributed by atoms with Gasteiger partial charge in [-0.25, -0.2) is 9.78 Å². The summed E-state index contributed by atoms with van der Waals surface area (Å²) in [6.45, 7) is 2.10. The minimum absolute atomic E-state index is 0.283. The highest BCUT2D eigenvalue weighted by Gasteiger charge is 2.10. The van der Waals surface area contributed by atoms with Gasteiger partial charge in [-0.3, -0.25) is 0 Å². The third-order valence-corrected chi connectivity index (χ3v) is 2.33. The Morgan fingerprint density at radius 2 is 2.38 bits per heavy atom. The number of halogens is 1. The number of nitrogens with zero attached hydrogens (tertiary/aromatic N) is 1. The number of furan rings is 1. The zero-order valence-electron chi connectivity index (χ0n) is 8.70. The van der Waals surface area contributed by atoms with Crippen LogP contribution in [0.1, 0.15) is 23.0 Å². The van der Waals surface area contributed by atoms with E-state index in [0.29, 0.717) is 23.6 Å². The molecule has 0 N–H and O–H groups in total. The van der Waals surface area contributed by atoms with Crippen LogP contribution >= 0.6 is 11.6 Å². The van der Waals surface area contributed by atoms with E-state index in [1.165, 1.54) is 6.20 Å². The summed E-state index contributed by atoms with van der Waals surface area (Å²) in [4.78, 5) is 15.5. The molecule has 0 saturated carbocycles. The van der Waals surface area contributed by atoms with Crippen molar-refractivity contribution in [1.82, 2.24) is 4.98 Å². The molecule has 0 saturated heterocycles. The lowest BCUT2D eigenvalue weighted by molar-refractivity contribution is 0.0526. The zero-order valence-corrected chi connectivity index (χ0v) is 9.45. The van der Waals surface area contributed by atoms with Crippen molar-refractivity contribution in [2.45, 2.75) is 12.8 Å². The van der Waals surface area contributed by atoms with Crippen LogP contribution in [0.25, 0.3) is 11.1 Å². The lowest BCUT2D eigenvalue weighted by Gasteiger charge is -1.99. The molecule has 4 nitrogen and oxygen atoms in total. The van der Waals surface area contributed by atoms with E-state index in [1.54, 1.807) is 19.1 Å². The van der Waals surface area contributed by atoms with Gasteiger partial charge in [-0.2, -0.15) is 0 Å². The van der Waals surface area contributed by atoms with Gasteiger partial charge in [0.25, 0.3) is 0 Å². The molecule has 0 spiro atoms. The standard InChI is InChI=1S/C11H10ClNO3/c1-2-15-11(14)8-3-7-4-9(5-12)16-10(7)13-6-8/h3-4,6H,2,5H2,1H3. The highest BCUT2D eigenvalue weighted by molar-refractivity contribution is 6.17. The van der Waals surface area contributed by atoms with Crippen LogP contribution in [-0.4, -0.2) is 17.6 Å². The van der Waals surface area contributed by atoms with Crippen LogP contribution < -0.4 is 0 Å². The third-order valence-electron chi connectivity index (χ3n) is 2.07. The van der Waals surface area contributed by atoms with Gasteiger partial charge in [0.1, 0.15) is 5.76 Å². The number of fused-ring (bicyclic) bond motifs is 1. The Kier molecular flexibility index (Phi) is 3.10. The maximum absolute atomic E-state index is 11.4. The fraction of sp³-hybridized carbons (Fsp3) is 0.273. The Morgan fingerprint density at radius 3 is 3.06 bits per heavy atom. The summed E-state index contributed by atoms with van der Waals surface area (Å²) in [6.07, 6.45) is 1.43. The molecule has 0 unspecified atom stereocenters.